The first kappa shape index (κ1) is 16.2. The van der Waals surface area contributed by atoms with Crippen molar-refractivity contribution >= 4 is 29.0 Å². The fourth-order valence-electron chi connectivity index (χ4n) is 3.10. The number of hydrogen-bond acceptors (Lipinski definition) is 4. The Morgan fingerprint density at radius 3 is 2.64 bits per heavy atom. The number of halogens is 1. The zero-order valence-corrected chi connectivity index (χ0v) is 14.7. The quantitative estimate of drug-likeness (QED) is 0.913. The van der Waals surface area contributed by atoms with Gasteiger partial charge in [0.1, 0.15) is 5.82 Å². The summed E-state index contributed by atoms with van der Waals surface area (Å²) in [4.78, 5) is 21.3. The van der Waals surface area contributed by atoms with Gasteiger partial charge < -0.3 is 15.1 Å². The maximum absolute atomic E-state index is 12.8. The van der Waals surface area contributed by atoms with Gasteiger partial charge in [0.05, 0.1) is 0 Å². The predicted molar refractivity (Wildman–Crippen MR) is 100 cm³/mol. The molecule has 5 nitrogen and oxygen atoms in total. The maximum Gasteiger partial charge on any atom is 0.254 e. The van der Waals surface area contributed by atoms with Crippen LogP contribution in [0.25, 0.3) is 0 Å². The number of pyridine rings is 1. The van der Waals surface area contributed by atoms with Crippen molar-refractivity contribution in [1.29, 1.82) is 0 Å². The van der Waals surface area contributed by atoms with Crippen molar-refractivity contribution in [1.82, 2.24) is 9.88 Å². The molecule has 130 valence electrons. The lowest BCUT2D eigenvalue weighted by Gasteiger charge is -2.36. The normalized spacial score (nSPS) is 17.5. The number of anilines is 2. The third kappa shape index (κ3) is 3.87. The first-order valence-electron chi connectivity index (χ1n) is 8.71. The van der Waals surface area contributed by atoms with Crippen LogP contribution in [0.5, 0.6) is 0 Å². The number of carbonyl (C=O) groups excluding carboxylic acids is 1. The SMILES string of the molecule is O=C(c1ccnc(NC2CC2)c1)N1CCN(c2cccc(Cl)c2)CC1. The van der Waals surface area contributed by atoms with Crippen LogP contribution in [-0.4, -0.2) is 48.0 Å². The van der Waals surface area contributed by atoms with Crippen LogP contribution < -0.4 is 10.2 Å². The van der Waals surface area contributed by atoms with Gasteiger partial charge in [-0.1, -0.05) is 17.7 Å². The summed E-state index contributed by atoms with van der Waals surface area (Å²) < 4.78 is 0. The molecule has 1 N–H and O–H groups in total. The van der Waals surface area contributed by atoms with Gasteiger partial charge >= 0.3 is 0 Å². The van der Waals surface area contributed by atoms with Crippen molar-refractivity contribution in [2.45, 2.75) is 18.9 Å². The highest BCUT2D eigenvalue weighted by Gasteiger charge is 2.24. The summed E-state index contributed by atoms with van der Waals surface area (Å²) >= 11 is 6.08. The Morgan fingerprint density at radius 1 is 1.12 bits per heavy atom. The molecule has 0 radical (unpaired) electrons. The molecule has 1 aromatic carbocycles. The monoisotopic (exact) mass is 356 g/mol. The van der Waals surface area contributed by atoms with Crippen LogP contribution in [0.4, 0.5) is 11.5 Å². The summed E-state index contributed by atoms with van der Waals surface area (Å²) in [6.45, 7) is 3.03. The number of nitrogens with one attached hydrogen (secondary N) is 1. The van der Waals surface area contributed by atoms with E-state index < -0.39 is 0 Å². The Kier molecular flexibility index (Phi) is 4.49. The highest BCUT2D eigenvalue weighted by molar-refractivity contribution is 6.30. The molecule has 2 aliphatic rings. The van der Waals surface area contributed by atoms with Crippen molar-refractivity contribution in [3.8, 4) is 0 Å². The van der Waals surface area contributed by atoms with E-state index in [0.29, 0.717) is 24.7 Å². The van der Waals surface area contributed by atoms with E-state index in [4.69, 9.17) is 11.6 Å². The first-order chi connectivity index (χ1) is 12.2. The molecule has 1 aliphatic heterocycles. The van der Waals surface area contributed by atoms with Crippen LogP contribution in [0, 0.1) is 0 Å². The lowest BCUT2D eigenvalue weighted by atomic mass is 10.2. The molecule has 0 bridgehead atoms. The highest BCUT2D eigenvalue weighted by atomic mass is 35.5. The largest absolute Gasteiger partial charge is 0.368 e. The van der Waals surface area contributed by atoms with E-state index in [0.717, 1.165) is 29.6 Å². The zero-order valence-electron chi connectivity index (χ0n) is 14.0. The molecular weight excluding hydrogens is 336 g/mol. The van der Waals surface area contributed by atoms with E-state index in [-0.39, 0.29) is 5.91 Å². The van der Waals surface area contributed by atoms with E-state index in [1.165, 1.54) is 12.8 Å². The Hall–Kier alpha value is -2.27. The van der Waals surface area contributed by atoms with E-state index in [9.17, 15) is 4.79 Å². The Bertz CT molecular complexity index is 770. The third-order valence-electron chi connectivity index (χ3n) is 4.68. The van der Waals surface area contributed by atoms with E-state index >= 15 is 0 Å². The summed E-state index contributed by atoms with van der Waals surface area (Å²) in [6.07, 6.45) is 4.08. The lowest BCUT2D eigenvalue weighted by Crippen LogP contribution is -2.48. The minimum absolute atomic E-state index is 0.0759. The predicted octanol–water partition coefficient (Wildman–Crippen LogP) is 3.27. The molecule has 1 amide bonds. The van der Waals surface area contributed by atoms with Gasteiger partial charge in [-0.15, -0.1) is 0 Å². The van der Waals surface area contributed by atoms with Gasteiger partial charge in [-0.05, 0) is 43.2 Å². The van der Waals surface area contributed by atoms with Crippen molar-refractivity contribution in [2.75, 3.05) is 36.4 Å². The summed E-state index contributed by atoms with van der Waals surface area (Å²) in [7, 11) is 0. The van der Waals surface area contributed by atoms with Crippen molar-refractivity contribution in [3.05, 3.63) is 53.2 Å². The van der Waals surface area contributed by atoms with Gasteiger partial charge in [-0.3, -0.25) is 4.79 Å². The van der Waals surface area contributed by atoms with E-state index in [1.54, 1.807) is 12.3 Å². The summed E-state index contributed by atoms with van der Waals surface area (Å²) in [5, 5.41) is 4.08. The number of carbonyl (C=O) groups is 1. The summed E-state index contributed by atoms with van der Waals surface area (Å²) in [5.74, 6) is 0.873. The van der Waals surface area contributed by atoms with Gasteiger partial charge in [0.2, 0.25) is 0 Å². The van der Waals surface area contributed by atoms with Crippen molar-refractivity contribution in [3.63, 3.8) is 0 Å². The molecule has 4 rings (SSSR count). The van der Waals surface area contributed by atoms with Gasteiger partial charge in [-0.25, -0.2) is 4.98 Å². The fraction of sp³-hybridized carbons (Fsp3) is 0.368. The highest BCUT2D eigenvalue weighted by Crippen LogP contribution is 2.24. The number of nitrogens with zero attached hydrogens (tertiary/aromatic N) is 3. The topological polar surface area (TPSA) is 48.5 Å². The Balaban J connectivity index is 1.39. The van der Waals surface area contributed by atoms with Crippen LogP contribution in [0.1, 0.15) is 23.2 Å². The molecule has 1 saturated carbocycles. The molecule has 1 aromatic heterocycles. The Morgan fingerprint density at radius 2 is 1.92 bits per heavy atom. The van der Waals surface area contributed by atoms with E-state index in [1.807, 2.05) is 29.2 Å². The standard InChI is InChI=1S/C19H21ClN4O/c20-15-2-1-3-17(13-15)23-8-10-24(11-9-23)19(25)14-6-7-21-18(12-14)22-16-4-5-16/h1-3,6-7,12-13,16H,4-5,8-11H2,(H,21,22). The number of benzene rings is 1. The van der Waals surface area contributed by atoms with Crippen LogP contribution >= 0.6 is 11.6 Å². The van der Waals surface area contributed by atoms with Crippen molar-refractivity contribution < 1.29 is 4.79 Å². The average Bonchev–Trinajstić information content (AvgIpc) is 3.45. The molecule has 0 spiro atoms. The second-order valence-electron chi connectivity index (χ2n) is 6.61. The fourth-order valence-corrected chi connectivity index (χ4v) is 3.29. The second kappa shape index (κ2) is 6.92. The molecule has 0 unspecified atom stereocenters. The minimum atomic E-state index is 0.0759. The summed E-state index contributed by atoms with van der Waals surface area (Å²) in [6, 6.07) is 12.1. The van der Waals surface area contributed by atoms with Crippen LogP contribution in [0.3, 0.4) is 0 Å². The molecule has 1 saturated heterocycles. The molecule has 6 heteroatoms. The first-order valence-corrected chi connectivity index (χ1v) is 9.09. The number of hydrogen-bond donors (Lipinski definition) is 1. The molecule has 25 heavy (non-hydrogen) atoms. The lowest BCUT2D eigenvalue weighted by molar-refractivity contribution is 0.0746. The average molecular weight is 357 g/mol. The third-order valence-corrected chi connectivity index (χ3v) is 4.91. The molecule has 0 atom stereocenters. The number of rotatable bonds is 4. The smallest absolute Gasteiger partial charge is 0.254 e. The van der Waals surface area contributed by atoms with Gasteiger partial charge in [-0.2, -0.15) is 0 Å². The number of amides is 1. The number of aromatic nitrogens is 1. The summed E-state index contributed by atoms with van der Waals surface area (Å²) in [5.41, 5.74) is 1.81. The molecular formula is C19H21ClN4O. The molecule has 1 aliphatic carbocycles. The van der Waals surface area contributed by atoms with Crippen LogP contribution in [0.2, 0.25) is 5.02 Å². The van der Waals surface area contributed by atoms with Crippen molar-refractivity contribution in [2.24, 2.45) is 0 Å². The molecule has 2 fully saturated rings. The zero-order chi connectivity index (χ0) is 17.2. The van der Waals surface area contributed by atoms with Gasteiger partial charge in [0.15, 0.2) is 0 Å². The maximum atomic E-state index is 12.8. The second-order valence-corrected chi connectivity index (χ2v) is 7.04. The van der Waals surface area contributed by atoms with Crippen LogP contribution in [0.15, 0.2) is 42.6 Å². The van der Waals surface area contributed by atoms with Gasteiger partial charge in [0.25, 0.3) is 5.91 Å². The van der Waals surface area contributed by atoms with Crippen LogP contribution in [-0.2, 0) is 0 Å². The molecule has 2 heterocycles. The Labute approximate surface area is 152 Å². The number of piperazine rings is 1. The minimum Gasteiger partial charge on any atom is -0.368 e. The molecule has 2 aromatic rings. The van der Waals surface area contributed by atoms with E-state index in [2.05, 4.69) is 21.3 Å². The van der Waals surface area contributed by atoms with Gasteiger partial charge in [0, 0.05) is 54.7 Å².